The van der Waals surface area contributed by atoms with E-state index in [-0.39, 0.29) is 11.9 Å². The first-order valence-corrected chi connectivity index (χ1v) is 6.61. The molecule has 0 spiro atoms. The quantitative estimate of drug-likeness (QED) is 0.771. The van der Waals surface area contributed by atoms with E-state index in [1.54, 1.807) is 0 Å². The molecule has 1 atom stereocenters. The molecule has 0 bridgehead atoms. The maximum atomic E-state index is 12.0. The predicted octanol–water partition coefficient (Wildman–Crippen LogP) is 4.36. The van der Waals surface area contributed by atoms with E-state index in [0.717, 1.165) is 11.1 Å². The summed E-state index contributed by atoms with van der Waals surface area (Å²) in [4.78, 5) is 12.0. The summed E-state index contributed by atoms with van der Waals surface area (Å²) in [6, 6.07) is 13.3. The van der Waals surface area contributed by atoms with E-state index in [0.29, 0.717) is 22.8 Å². The van der Waals surface area contributed by atoms with E-state index >= 15 is 0 Å². The SMILES string of the molecule is CC1CC(=O)c2cc(-c3ccc(Cl)cc3)ccc2O1. The molecule has 2 aromatic rings. The number of ketones is 1. The van der Waals surface area contributed by atoms with Crippen LogP contribution in [0.4, 0.5) is 0 Å². The Hall–Kier alpha value is -1.80. The molecule has 1 aliphatic rings. The predicted molar refractivity (Wildman–Crippen MR) is 75.9 cm³/mol. The van der Waals surface area contributed by atoms with Crippen LogP contribution < -0.4 is 4.74 Å². The lowest BCUT2D eigenvalue weighted by Crippen LogP contribution is -2.23. The lowest BCUT2D eigenvalue weighted by molar-refractivity contribution is 0.0871. The number of fused-ring (bicyclic) bond motifs is 1. The molecule has 0 fully saturated rings. The molecule has 0 aliphatic carbocycles. The molecule has 0 saturated heterocycles. The van der Waals surface area contributed by atoms with Crippen LogP contribution in [0.5, 0.6) is 5.75 Å². The van der Waals surface area contributed by atoms with Crippen molar-refractivity contribution < 1.29 is 9.53 Å². The molecule has 1 heterocycles. The molecule has 0 N–H and O–H groups in total. The van der Waals surface area contributed by atoms with Crippen LogP contribution in [-0.2, 0) is 0 Å². The van der Waals surface area contributed by atoms with Gasteiger partial charge in [0.1, 0.15) is 11.9 Å². The van der Waals surface area contributed by atoms with E-state index in [1.165, 1.54) is 0 Å². The highest BCUT2D eigenvalue weighted by atomic mass is 35.5. The molecule has 3 rings (SSSR count). The van der Waals surface area contributed by atoms with Crippen LogP contribution in [-0.4, -0.2) is 11.9 Å². The van der Waals surface area contributed by atoms with Crippen molar-refractivity contribution in [2.75, 3.05) is 0 Å². The molecule has 96 valence electrons. The zero-order valence-electron chi connectivity index (χ0n) is 10.5. The molecule has 0 aromatic heterocycles. The van der Waals surface area contributed by atoms with Crippen molar-refractivity contribution >= 4 is 17.4 Å². The van der Waals surface area contributed by atoms with Gasteiger partial charge in [0.25, 0.3) is 0 Å². The fourth-order valence-corrected chi connectivity index (χ4v) is 2.43. The molecule has 19 heavy (non-hydrogen) atoms. The van der Waals surface area contributed by atoms with Gasteiger partial charge in [0.15, 0.2) is 5.78 Å². The van der Waals surface area contributed by atoms with Gasteiger partial charge in [0, 0.05) is 11.4 Å². The number of benzene rings is 2. The normalized spacial score (nSPS) is 17.8. The molecule has 2 aromatic carbocycles. The summed E-state index contributed by atoms with van der Waals surface area (Å²) in [7, 11) is 0. The van der Waals surface area contributed by atoms with Gasteiger partial charge in [0.2, 0.25) is 0 Å². The Labute approximate surface area is 117 Å². The largest absolute Gasteiger partial charge is 0.489 e. The summed E-state index contributed by atoms with van der Waals surface area (Å²) in [6.07, 6.45) is 0.401. The highest BCUT2D eigenvalue weighted by Crippen LogP contribution is 2.32. The molecule has 1 unspecified atom stereocenters. The fourth-order valence-electron chi connectivity index (χ4n) is 2.30. The second-order valence-electron chi connectivity index (χ2n) is 4.77. The molecule has 0 saturated carbocycles. The second kappa shape index (κ2) is 4.71. The minimum Gasteiger partial charge on any atom is -0.489 e. The second-order valence-corrected chi connectivity index (χ2v) is 5.21. The van der Waals surface area contributed by atoms with E-state index in [1.807, 2.05) is 49.4 Å². The molecule has 0 amide bonds. The molecular weight excluding hydrogens is 260 g/mol. The summed E-state index contributed by atoms with van der Waals surface area (Å²) < 4.78 is 5.67. The van der Waals surface area contributed by atoms with Gasteiger partial charge in [-0.1, -0.05) is 29.8 Å². The van der Waals surface area contributed by atoms with Gasteiger partial charge >= 0.3 is 0 Å². The van der Waals surface area contributed by atoms with E-state index < -0.39 is 0 Å². The summed E-state index contributed by atoms with van der Waals surface area (Å²) in [5.41, 5.74) is 2.71. The number of carbonyl (C=O) groups excluding carboxylic acids is 1. The zero-order valence-corrected chi connectivity index (χ0v) is 11.3. The monoisotopic (exact) mass is 272 g/mol. The van der Waals surface area contributed by atoms with Gasteiger partial charge in [-0.2, -0.15) is 0 Å². The van der Waals surface area contributed by atoms with Crippen LogP contribution in [0.25, 0.3) is 11.1 Å². The average molecular weight is 273 g/mol. The van der Waals surface area contributed by atoms with Gasteiger partial charge in [0.05, 0.1) is 5.56 Å². The van der Waals surface area contributed by atoms with Crippen LogP contribution >= 0.6 is 11.6 Å². The standard InChI is InChI=1S/C16H13ClO2/c1-10-8-15(18)14-9-12(4-7-16(14)19-10)11-2-5-13(17)6-3-11/h2-7,9-10H,8H2,1H3. The van der Waals surface area contributed by atoms with Crippen molar-refractivity contribution in [2.45, 2.75) is 19.4 Å². The Bertz CT molecular complexity index is 632. The van der Waals surface area contributed by atoms with Crippen molar-refractivity contribution in [3.8, 4) is 16.9 Å². The number of halogens is 1. The topological polar surface area (TPSA) is 26.3 Å². The van der Waals surface area contributed by atoms with Crippen LogP contribution in [0.3, 0.4) is 0 Å². The van der Waals surface area contributed by atoms with Gasteiger partial charge in [-0.3, -0.25) is 4.79 Å². The van der Waals surface area contributed by atoms with Gasteiger partial charge in [-0.25, -0.2) is 0 Å². The Kier molecular flexibility index (Phi) is 3.03. The van der Waals surface area contributed by atoms with E-state index in [9.17, 15) is 4.79 Å². The summed E-state index contributed by atoms with van der Waals surface area (Å²) in [5.74, 6) is 0.825. The first kappa shape index (κ1) is 12.2. The summed E-state index contributed by atoms with van der Waals surface area (Å²) in [6.45, 7) is 1.91. The Morgan fingerprint density at radius 3 is 2.53 bits per heavy atom. The van der Waals surface area contributed by atoms with Crippen LogP contribution in [0.15, 0.2) is 42.5 Å². The lowest BCUT2D eigenvalue weighted by Gasteiger charge is -2.22. The van der Waals surface area contributed by atoms with Gasteiger partial charge in [-0.15, -0.1) is 0 Å². The van der Waals surface area contributed by atoms with Crippen molar-refractivity contribution in [1.29, 1.82) is 0 Å². The maximum Gasteiger partial charge on any atom is 0.170 e. The Balaban J connectivity index is 2.04. The number of rotatable bonds is 1. The smallest absolute Gasteiger partial charge is 0.170 e. The summed E-state index contributed by atoms with van der Waals surface area (Å²) >= 11 is 5.88. The first-order valence-electron chi connectivity index (χ1n) is 6.23. The molecule has 3 heteroatoms. The Morgan fingerprint density at radius 1 is 1.11 bits per heavy atom. The van der Waals surface area contributed by atoms with Crippen LogP contribution in [0.1, 0.15) is 23.7 Å². The lowest BCUT2D eigenvalue weighted by atomic mass is 9.96. The van der Waals surface area contributed by atoms with Crippen molar-refractivity contribution in [3.05, 3.63) is 53.1 Å². The number of ether oxygens (including phenoxy) is 1. The van der Waals surface area contributed by atoms with Crippen molar-refractivity contribution in [3.63, 3.8) is 0 Å². The number of carbonyl (C=O) groups is 1. The molecule has 0 radical (unpaired) electrons. The minimum absolute atomic E-state index is 0.0404. The van der Waals surface area contributed by atoms with E-state index in [2.05, 4.69) is 0 Å². The summed E-state index contributed by atoms with van der Waals surface area (Å²) in [5, 5.41) is 0.704. The van der Waals surface area contributed by atoms with E-state index in [4.69, 9.17) is 16.3 Å². The number of hydrogen-bond acceptors (Lipinski definition) is 2. The number of hydrogen-bond donors (Lipinski definition) is 0. The molecule has 1 aliphatic heterocycles. The fraction of sp³-hybridized carbons (Fsp3) is 0.188. The third kappa shape index (κ3) is 2.36. The number of Topliss-reactive ketones (excluding diaryl/α,β-unsaturated/α-hetero) is 1. The zero-order chi connectivity index (χ0) is 13.4. The van der Waals surface area contributed by atoms with Crippen molar-refractivity contribution in [2.24, 2.45) is 0 Å². The third-order valence-electron chi connectivity index (χ3n) is 3.26. The highest BCUT2D eigenvalue weighted by molar-refractivity contribution is 6.30. The first-order chi connectivity index (χ1) is 9.13. The van der Waals surface area contributed by atoms with Gasteiger partial charge < -0.3 is 4.74 Å². The Morgan fingerprint density at radius 2 is 1.79 bits per heavy atom. The third-order valence-corrected chi connectivity index (χ3v) is 3.51. The minimum atomic E-state index is -0.0404. The van der Waals surface area contributed by atoms with Gasteiger partial charge in [-0.05, 0) is 42.3 Å². The molecule has 2 nitrogen and oxygen atoms in total. The van der Waals surface area contributed by atoms with Crippen molar-refractivity contribution in [1.82, 2.24) is 0 Å². The molecular formula is C16H13ClO2. The van der Waals surface area contributed by atoms with Crippen LogP contribution in [0.2, 0.25) is 5.02 Å². The highest BCUT2D eigenvalue weighted by Gasteiger charge is 2.23. The van der Waals surface area contributed by atoms with Crippen LogP contribution in [0, 0.1) is 0 Å². The average Bonchev–Trinajstić information content (AvgIpc) is 2.39. The maximum absolute atomic E-state index is 12.0.